The molecule has 5 rings (SSSR count). The Bertz CT molecular complexity index is 1090. The first-order valence-corrected chi connectivity index (χ1v) is 12.6. The molecule has 3 aliphatic rings. The molecule has 2 aromatic carbocycles. The number of carboxylic acids is 1. The molecule has 0 aromatic heterocycles. The van der Waals surface area contributed by atoms with Crippen LogP contribution in [0.25, 0.3) is 11.1 Å². The lowest BCUT2D eigenvalue weighted by atomic mass is 9.84. The van der Waals surface area contributed by atoms with Gasteiger partial charge in [-0.25, -0.2) is 4.79 Å². The van der Waals surface area contributed by atoms with Crippen LogP contribution < -0.4 is 10.6 Å². The van der Waals surface area contributed by atoms with Crippen molar-refractivity contribution >= 4 is 18.0 Å². The Labute approximate surface area is 205 Å². The number of benzene rings is 2. The molecule has 2 amide bonds. The van der Waals surface area contributed by atoms with Gasteiger partial charge in [0.1, 0.15) is 6.61 Å². The summed E-state index contributed by atoms with van der Waals surface area (Å²) < 4.78 is 5.62. The van der Waals surface area contributed by atoms with E-state index in [1.54, 1.807) is 0 Å². The summed E-state index contributed by atoms with van der Waals surface area (Å²) in [4.78, 5) is 37.1. The molecule has 4 unspecified atom stereocenters. The molecule has 184 valence electrons. The molecule has 0 aliphatic heterocycles. The number of amides is 2. The summed E-state index contributed by atoms with van der Waals surface area (Å²) in [5, 5.41) is 15.4. The quantitative estimate of drug-likeness (QED) is 0.527. The van der Waals surface area contributed by atoms with Gasteiger partial charge < -0.3 is 20.5 Å². The molecule has 0 radical (unpaired) electrons. The second-order valence-electron chi connectivity index (χ2n) is 10.1. The average Bonchev–Trinajstić information content (AvgIpc) is 3.54. The lowest BCUT2D eigenvalue weighted by Gasteiger charge is -2.29. The number of carboxylic acid groups (broad SMARTS) is 1. The topological polar surface area (TPSA) is 105 Å². The summed E-state index contributed by atoms with van der Waals surface area (Å²) in [5.74, 6) is -1.19. The highest BCUT2D eigenvalue weighted by molar-refractivity contribution is 5.81. The Morgan fingerprint density at radius 1 is 1.00 bits per heavy atom. The first kappa shape index (κ1) is 23.4. The molecule has 2 bridgehead atoms. The van der Waals surface area contributed by atoms with Gasteiger partial charge in [0.15, 0.2) is 0 Å². The number of carbonyl (C=O) groups is 3. The van der Waals surface area contributed by atoms with E-state index >= 15 is 0 Å². The molecule has 0 heterocycles. The SMILES string of the molecule is CC[C@H](CC(=O)NC1C2CCC(C2)C1C(=O)O)NC(=O)OCC1c2ccccc2-c2ccccc21. The minimum Gasteiger partial charge on any atom is -0.481 e. The minimum atomic E-state index is -0.827. The van der Waals surface area contributed by atoms with Gasteiger partial charge in [-0.2, -0.15) is 0 Å². The fourth-order valence-electron chi connectivity index (χ4n) is 6.43. The summed E-state index contributed by atoms with van der Waals surface area (Å²) in [6.07, 6.45) is 2.88. The Morgan fingerprint density at radius 2 is 1.63 bits per heavy atom. The van der Waals surface area contributed by atoms with Crippen molar-refractivity contribution in [3.05, 3.63) is 59.7 Å². The van der Waals surface area contributed by atoms with Crippen LogP contribution in [0, 0.1) is 17.8 Å². The van der Waals surface area contributed by atoms with Crippen LogP contribution in [-0.4, -0.2) is 41.8 Å². The highest BCUT2D eigenvalue weighted by Gasteiger charge is 2.51. The Kier molecular flexibility index (Phi) is 6.50. The van der Waals surface area contributed by atoms with Gasteiger partial charge in [-0.1, -0.05) is 55.5 Å². The van der Waals surface area contributed by atoms with Crippen LogP contribution in [0.4, 0.5) is 4.79 Å². The van der Waals surface area contributed by atoms with E-state index in [1.165, 1.54) is 11.1 Å². The van der Waals surface area contributed by atoms with Crippen LogP contribution >= 0.6 is 0 Å². The lowest BCUT2D eigenvalue weighted by Crippen LogP contribution is -2.48. The maximum atomic E-state index is 12.7. The smallest absolute Gasteiger partial charge is 0.407 e. The molecule has 2 fully saturated rings. The minimum absolute atomic E-state index is 0.0257. The van der Waals surface area contributed by atoms with Gasteiger partial charge in [-0.15, -0.1) is 0 Å². The van der Waals surface area contributed by atoms with Gasteiger partial charge in [0, 0.05) is 24.4 Å². The van der Waals surface area contributed by atoms with Gasteiger partial charge >= 0.3 is 12.1 Å². The Balaban J connectivity index is 1.16. The van der Waals surface area contributed by atoms with E-state index in [-0.39, 0.29) is 48.8 Å². The highest BCUT2D eigenvalue weighted by atomic mass is 16.5. The summed E-state index contributed by atoms with van der Waals surface area (Å²) in [5.41, 5.74) is 4.62. The lowest BCUT2D eigenvalue weighted by molar-refractivity contribution is -0.144. The molecule has 3 aliphatic carbocycles. The van der Waals surface area contributed by atoms with Crippen LogP contribution in [0.15, 0.2) is 48.5 Å². The normalized spacial score (nSPS) is 24.9. The number of aliphatic carboxylic acids is 1. The zero-order valence-corrected chi connectivity index (χ0v) is 19.9. The van der Waals surface area contributed by atoms with Crippen LogP contribution in [0.5, 0.6) is 0 Å². The third-order valence-corrected chi connectivity index (χ3v) is 8.12. The van der Waals surface area contributed by atoms with Crippen LogP contribution in [0.1, 0.15) is 56.1 Å². The zero-order valence-electron chi connectivity index (χ0n) is 19.9. The second-order valence-corrected chi connectivity index (χ2v) is 10.1. The fourth-order valence-corrected chi connectivity index (χ4v) is 6.43. The Morgan fingerprint density at radius 3 is 2.26 bits per heavy atom. The van der Waals surface area contributed by atoms with Crippen molar-refractivity contribution in [3.8, 4) is 11.1 Å². The molecule has 2 saturated carbocycles. The maximum absolute atomic E-state index is 12.7. The molecule has 5 atom stereocenters. The van der Waals surface area contributed by atoms with E-state index in [1.807, 2.05) is 31.2 Å². The second kappa shape index (κ2) is 9.72. The van der Waals surface area contributed by atoms with E-state index < -0.39 is 18.0 Å². The standard InChI is InChI=1S/C28H32N2O5/c1-2-18(14-24(31)30-26-17-12-11-16(13-17)25(26)27(32)33)29-28(34)35-15-23-21-9-5-3-7-19(21)20-8-4-6-10-22(20)23/h3-10,16-18,23,25-26H,2,11-15H2,1H3,(H,29,34)(H,30,31)(H,32,33)/t16?,17?,18-,25?,26?/m1/s1. The monoisotopic (exact) mass is 476 g/mol. The van der Waals surface area contributed by atoms with Crippen molar-refractivity contribution in [2.45, 2.75) is 57.0 Å². The highest BCUT2D eigenvalue weighted by Crippen LogP contribution is 2.48. The first-order chi connectivity index (χ1) is 17.0. The third-order valence-electron chi connectivity index (χ3n) is 8.12. The summed E-state index contributed by atoms with van der Waals surface area (Å²) in [7, 11) is 0. The molecule has 35 heavy (non-hydrogen) atoms. The number of nitrogens with one attached hydrogen (secondary N) is 2. The van der Waals surface area contributed by atoms with Crippen molar-refractivity contribution in [2.75, 3.05) is 6.61 Å². The third kappa shape index (κ3) is 4.51. The van der Waals surface area contributed by atoms with E-state index in [2.05, 4.69) is 34.9 Å². The molecular weight excluding hydrogens is 444 g/mol. The van der Waals surface area contributed by atoms with Crippen LogP contribution in [0.3, 0.4) is 0 Å². The molecule has 0 spiro atoms. The number of alkyl carbamates (subject to hydrolysis) is 1. The van der Waals surface area contributed by atoms with Crippen molar-refractivity contribution in [2.24, 2.45) is 17.8 Å². The van der Waals surface area contributed by atoms with E-state index in [0.717, 1.165) is 30.4 Å². The zero-order chi connectivity index (χ0) is 24.5. The fraction of sp³-hybridized carbons (Fsp3) is 0.464. The molecule has 0 saturated heterocycles. The van der Waals surface area contributed by atoms with Crippen molar-refractivity contribution in [1.29, 1.82) is 0 Å². The molecular formula is C28H32N2O5. The number of carbonyl (C=O) groups excluding carboxylic acids is 2. The largest absolute Gasteiger partial charge is 0.481 e. The van der Waals surface area contributed by atoms with E-state index in [4.69, 9.17) is 4.74 Å². The number of rotatable bonds is 8. The molecule has 2 aromatic rings. The molecule has 7 heteroatoms. The average molecular weight is 477 g/mol. The van der Waals surface area contributed by atoms with Gasteiger partial charge in [0.2, 0.25) is 5.91 Å². The van der Waals surface area contributed by atoms with Gasteiger partial charge in [-0.3, -0.25) is 9.59 Å². The predicted octanol–water partition coefficient (Wildman–Crippen LogP) is 4.31. The van der Waals surface area contributed by atoms with Crippen LogP contribution in [-0.2, 0) is 14.3 Å². The maximum Gasteiger partial charge on any atom is 0.407 e. The van der Waals surface area contributed by atoms with Gasteiger partial charge in [-0.05, 0) is 59.8 Å². The number of hydrogen-bond donors (Lipinski definition) is 3. The van der Waals surface area contributed by atoms with Crippen molar-refractivity contribution in [3.63, 3.8) is 0 Å². The van der Waals surface area contributed by atoms with Crippen LogP contribution in [0.2, 0.25) is 0 Å². The Hall–Kier alpha value is -3.35. The summed E-state index contributed by atoms with van der Waals surface area (Å²) in [6.45, 7) is 2.12. The molecule has 7 nitrogen and oxygen atoms in total. The first-order valence-electron chi connectivity index (χ1n) is 12.6. The van der Waals surface area contributed by atoms with Crippen molar-refractivity contribution in [1.82, 2.24) is 10.6 Å². The van der Waals surface area contributed by atoms with E-state index in [0.29, 0.717) is 6.42 Å². The molecule has 3 N–H and O–H groups in total. The number of fused-ring (bicyclic) bond motifs is 5. The number of hydrogen-bond acceptors (Lipinski definition) is 4. The predicted molar refractivity (Wildman–Crippen MR) is 131 cm³/mol. The van der Waals surface area contributed by atoms with Gasteiger partial charge in [0.05, 0.1) is 5.92 Å². The van der Waals surface area contributed by atoms with Crippen molar-refractivity contribution < 1.29 is 24.2 Å². The van der Waals surface area contributed by atoms with E-state index in [9.17, 15) is 19.5 Å². The summed E-state index contributed by atoms with van der Waals surface area (Å²) in [6, 6.07) is 15.6. The summed E-state index contributed by atoms with van der Waals surface area (Å²) >= 11 is 0. The van der Waals surface area contributed by atoms with Gasteiger partial charge in [0.25, 0.3) is 0 Å². The number of ether oxygens (including phenoxy) is 1.